The number of nitrogens with zero attached hydrogens (tertiary/aromatic N) is 1. The van der Waals surface area contributed by atoms with E-state index in [1.165, 1.54) is 13.2 Å². The van der Waals surface area contributed by atoms with Gasteiger partial charge in [0, 0.05) is 5.46 Å². The van der Waals surface area contributed by atoms with E-state index in [0.717, 1.165) is 6.20 Å². The molecule has 116 valence electrons. The first kappa shape index (κ1) is 16.1. The average molecular weight is 303 g/mol. The molecule has 2 rings (SSSR count). The molecule has 1 saturated heterocycles. The number of halogens is 3. The molecule has 0 atom stereocenters. The van der Waals surface area contributed by atoms with Gasteiger partial charge in [-0.05, 0) is 33.8 Å². The Morgan fingerprint density at radius 3 is 2.10 bits per heavy atom. The number of hydrogen-bond acceptors (Lipinski definition) is 4. The molecule has 2 heterocycles. The third kappa shape index (κ3) is 2.87. The maximum Gasteiger partial charge on any atom is 0.497 e. The van der Waals surface area contributed by atoms with Crippen molar-refractivity contribution in [1.29, 1.82) is 0 Å². The second kappa shape index (κ2) is 4.88. The molecule has 0 aliphatic carbocycles. The van der Waals surface area contributed by atoms with Crippen molar-refractivity contribution < 1.29 is 27.2 Å². The summed E-state index contributed by atoms with van der Waals surface area (Å²) in [6, 6.07) is 1.25. The summed E-state index contributed by atoms with van der Waals surface area (Å²) >= 11 is 0. The van der Waals surface area contributed by atoms with Crippen molar-refractivity contribution in [3.8, 4) is 5.75 Å². The highest BCUT2D eigenvalue weighted by Gasteiger charge is 2.54. The lowest BCUT2D eigenvalue weighted by Crippen LogP contribution is -2.41. The van der Waals surface area contributed by atoms with Crippen molar-refractivity contribution in [2.24, 2.45) is 0 Å². The maximum atomic E-state index is 13.1. The standard InChI is InChI=1S/C13H17BF3NO3/c1-11(2)12(3,4)21-14(20-11)9-6-8(19-5)7-18-10(9)13(15,16)17/h6-7H,1-5H3. The zero-order valence-corrected chi connectivity index (χ0v) is 12.5. The van der Waals surface area contributed by atoms with Gasteiger partial charge in [0.05, 0.1) is 24.5 Å². The molecule has 0 amide bonds. The molecule has 0 bridgehead atoms. The minimum absolute atomic E-state index is 0.180. The molecule has 0 unspecified atom stereocenters. The summed E-state index contributed by atoms with van der Waals surface area (Å²) in [6.45, 7) is 7.09. The summed E-state index contributed by atoms with van der Waals surface area (Å²) < 4.78 is 55.6. The molecule has 1 fully saturated rings. The Balaban J connectivity index is 2.48. The highest BCUT2D eigenvalue weighted by Crippen LogP contribution is 2.38. The van der Waals surface area contributed by atoms with Crippen LogP contribution in [0.3, 0.4) is 0 Å². The maximum absolute atomic E-state index is 13.1. The highest BCUT2D eigenvalue weighted by atomic mass is 19.4. The van der Waals surface area contributed by atoms with Crippen LogP contribution in [0.4, 0.5) is 13.2 Å². The van der Waals surface area contributed by atoms with Gasteiger partial charge in [0.2, 0.25) is 0 Å². The fraction of sp³-hybridized carbons (Fsp3) is 0.615. The molecular formula is C13H17BF3NO3. The summed E-state index contributed by atoms with van der Waals surface area (Å²) in [6.07, 6.45) is -3.57. The van der Waals surface area contributed by atoms with E-state index < -0.39 is 30.2 Å². The van der Waals surface area contributed by atoms with Gasteiger partial charge in [0.25, 0.3) is 0 Å². The van der Waals surface area contributed by atoms with Gasteiger partial charge in [-0.25, -0.2) is 4.98 Å². The first-order valence-electron chi connectivity index (χ1n) is 6.45. The molecule has 1 aliphatic rings. The van der Waals surface area contributed by atoms with E-state index in [-0.39, 0.29) is 11.2 Å². The molecule has 0 spiro atoms. The Morgan fingerprint density at radius 2 is 1.67 bits per heavy atom. The molecular weight excluding hydrogens is 286 g/mol. The van der Waals surface area contributed by atoms with Gasteiger partial charge >= 0.3 is 13.3 Å². The van der Waals surface area contributed by atoms with Crippen molar-refractivity contribution in [2.45, 2.75) is 45.1 Å². The predicted octanol–water partition coefficient (Wildman–Crippen LogP) is 2.41. The second-order valence-corrected chi connectivity index (χ2v) is 5.90. The van der Waals surface area contributed by atoms with Crippen molar-refractivity contribution in [3.63, 3.8) is 0 Å². The van der Waals surface area contributed by atoms with Crippen LogP contribution in [0.5, 0.6) is 5.75 Å². The van der Waals surface area contributed by atoms with Crippen LogP contribution < -0.4 is 10.2 Å². The molecule has 0 N–H and O–H groups in total. The first-order chi connectivity index (χ1) is 9.48. The Kier molecular flexibility index (Phi) is 3.74. The summed E-state index contributed by atoms with van der Waals surface area (Å²) in [7, 11) is 0.215. The number of methoxy groups -OCH3 is 1. The van der Waals surface area contributed by atoms with Gasteiger partial charge in [-0.1, -0.05) is 0 Å². The van der Waals surface area contributed by atoms with Crippen LogP contribution in [0.25, 0.3) is 0 Å². The topological polar surface area (TPSA) is 40.6 Å². The van der Waals surface area contributed by atoms with Gasteiger partial charge in [-0.3, -0.25) is 0 Å². The van der Waals surface area contributed by atoms with Gasteiger partial charge in [0.1, 0.15) is 11.4 Å². The minimum atomic E-state index is -4.59. The van der Waals surface area contributed by atoms with Crippen molar-refractivity contribution in [3.05, 3.63) is 18.0 Å². The molecule has 1 aromatic heterocycles. The Labute approximate surface area is 121 Å². The minimum Gasteiger partial charge on any atom is -0.495 e. The fourth-order valence-corrected chi connectivity index (χ4v) is 1.96. The van der Waals surface area contributed by atoms with Crippen LogP contribution in [0.15, 0.2) is 12.3 Å². The number of pyridine rings is 1. The summed E-state index contributed by atoms with van der Waals surface area (Å²) in [5.41, 5.74) is -2.67. The zero-order chi connectivity index (χ0) is 16.1. The molecule has 1 aromatic rings. The normalized spacial score (nSPS) is 20.7. The number of aromatic nitrogens is 1. The average Bonchev–Trinajstić information content (AvgIpc) is 2.56. The van der Waals surface area contributed by atoms with Crippen LogP contribution in [0.1, 0.15) is 33.4 Å². The van der Waals surface area contributed by atoms with Gasteiger partial charge in [-0.2, -0.15) is 13.2 Å². The summed E-state index contributed by atoms with van der Waals surface area (Å²) in [4.78, 5) is 3.45. The third-order valence-corrected chi connectivity index (χ3v) is 3.90. The Morgan fingerprint density at radius 1 is 1.14 bits per heavy atom. The largest absolute Gasteiger partial charge is 0.497 e. The van der Waals surface area contributed by atoms with Crippen molar-refractivity contribution in [1.82, 2.24) is 4.98 Å². The predicted molar refractivity (Wildman–Crippen MR) is 71.5 cm³/mol. The quantitative estimate of drug-likeness (QED) is 0.787. The molecule has 21 heavy (non-hydrogen) atoms. The van der Waals surface area contributed by atoms with Gasteiger partial charge in [-0.15, -0.1) is 0 Å². The molecule has 0 radical (unpaired) electrons. The number of rotatable bonds is 2. The van der Waals surface area contributed by atoms with Crippen LogP contribution in [0, 0.1) is 0 Å². The second-order valence-electron chi connectivity index (χ2n) is 5.90. The SMILES string of the molecule is COc1cnc(C(F)(F)F)c(B2OC(C)(C)C(C)(C)O2)c1. The smallest absolute Gasteiger partial charge is 0.495 e. The van der Waals surface area contributed by atoms with Gasteiger partial charge < -0.3 is 14.0 Å². The van der Waals surface area contributed by atoms with Crippen LogP contribution in [-0.2, 0) is 15.5 Å². The monoisotopic (exact) mass is 303 g/mol. The van der Waals surface area contributed by atoms with E-state index >= 15 is 0 Å². The number of ether oxygens (including phenoxy) is 1. The third-order valence-electron chi connectivity index (χ3n) is 3.90. The lowest BCUT2D eigenvalue weighted by molar-refractivity contribution is -0.140. The number of hydrogen-bond donors (Lipinski definition) is 0. The molecule has 0 aromatic carbocycles. The van der Waals surface area contributed by atoms with Gasteiger partial charge in [0.15, 0.2) is 0 Å². The van der Waals surface area contributed by atoms with E-state index in [0.29, 0.717) is 0 Å². The lowest BCUT2D eigenvalue weighted by atomic mass is 9.77. The summed E-state index contributed by atoms with van der Waals surface area (Å²) in [5.74, 6) is 0.215. The molecule has 0 saturated carbocycles. The van der Waals surface area contributed by atoms with Crippen LogP contribution in [0.2, 0.25) is 0 Å². The Bertz CT molecular complexity index is 530. The van der Waals surface area contributed by atoms with E-state index in [2.05, 4.69) is 4.98 Å². The molecule has 8 heteroatoms. The van der Waals surface area contributed by atoms with Crippen molar-refractivity contribution in [2.75, 3.05) is 7.11 Å². The van der Waals surface area contributed by atoms with Crippen molar-refractivity contribution >= 4 is 12.6 Å². The molecule has 1 aliphatic heterocycles. The van der Waals surface area contributed by atoms with E-state index in [1.54, 1.807) is 27.7 Å². The highest BCUT2D eigenvalue weighted by molar-refractivity contribution is 6.62. The fourth-order valence-electron chi connectivity index (χ4n) is 1.96. The molecule has 4 nitrogen and oxygen atoms in total. The first-order valence-corrected chi connectivity index (χ1v) is 6.45. The van der Waals surface area contributed by atoms with Crippen LogP contribution >= 0.6 is 0 Å². The zero-order valence-electron chi connectivity index (χ0n) is 12.5. The summed E-state index contributed by atoms with van der Waals surface area (Å²) in [5, 5.41) is 0. The van der Waals surface area contributed by atoms with Crippen LogP contribution in [-0.4, -0.2) is 30.4 Å². The lowest BCUT2D eigenvalue weighted by Gasteiger charge is -2.32. The van der Waals surface area contributed by atoms with E-state index in [1.807, 2.05) is 0 Å². The Hall–Kier alpha value is -1.28. The number of alkyl halides is 3. The van der Waals surface area contributed by atoms with E-state index in [4.69, 9.17) is 14.0 Å². The van der Waals surface area contributed by atoms with E-state index in [9.17, 15) is 13.2 Å².